The Labute approximate surface area is 232 Å². The van der Waals surface area contributed by atoms with Crippen LogP contribution in [0, 0.1) is 0 Å². The standard InChI is InChI=1S/C24H29Cl4N3O4S/c1-4-21(24(33)29-5-2)30(15-16-8-9-17(25)13-20(16)28)23(32)7-6-12-31(36(3,34)35)22-14-18(26)10-11-19(22)27/h8-11,13-14,21H,4-7,12,15H2,1-3H3,(H,29,33)/t21-/m1/s1. The number of nitrogens with zero attached hydrogens (tertiary/aromatic N) is 2. The van der Waals surface area contributed by atoms with Crippen LogP contribution in [0.5, 0.6) is 0 Å². The molecule has 0 unspecified atom stereocenters. The maximum atomic E-state index is 13.4. The number of likely N-dealkylation sites (N-methyl/N-ethyl adjacent to an activating group) is 1. The lowest BCUT2D eigenvalue weighted by molar-refractivity contribution is -0.141. The first-order chi connectivity index (χ1) is 16.9. The average Bonchev–Trinajstić information content (AvgIpc) is 2.79. The van der Waals surface area contributed by atoms with E-state index in [-0.39, 0.29) is 48.5 Å². The van der Waals surface area contributed by atoms with Crippen molar-refractivity contribution in [1.29, 1.82) is 0 Å². The molecular weight excluding hydrogens is 568 g/mol. The first kappa shape index (κ1) is 30.5. The number of anilines is 1. The van der Waals surface area contributed by atoms with Crippen molar-refractivity contribution in [1.82, 2.24) is 10.2 Å². The van der Waals surface area contributed by atoms with Gasteiger partial charge in [0.1, 0.15) is 6.04 Å². The number of hydrogen-bond acceptors (Lipinski definition) is 4. The normalized spacial score (nSPS) is 12.2. The van der Waals surface area contributed by atoms with E-state index in [1.54, 1.807) is 31.2 Å². The minimum Gasteiger partial charge on any atom is -0.355 e. The summed E-state index contributed by atoms with van der Waals surface area (Å²) in [6.45, 7) is 4.13. The second-order valence-electron chi connectivity index (χ2n) is 8.11. The van der Waals surface area contributed by atoms with E-state index < -0.39 is 16.1 Å². The fraction of sp³-hybridized carbons (Fsp3) is 0.417. The molecule has 198 valence electrons. The van der Waals surface area contributed by atoms with Gasteiger partial charge in [0.15, 0.2) is 0 Å². The van der Waals surface area contributed by atoms with Crippen molar-refractivity contribution in [2.24, 2.45) is 0 Å². The molecule has 2 amide bonds. The molecule has 2 aromatic rings. The molecule has 12 heteroatoms. The summed E-state index contributed by atoms with van der Waals surface area (Å²) in [6.07, 6.45) is 1.62. The number of hydrogen-bond donors (Lipinski definition) is 1. The molecule has 0 fully saturated rings. The highest BCUT2D eigenvalue weighted by atomic mass is 35.5. The third-order valence-electron chi connectivity index (χ3n) is 5.42. The third-order valence-corrected chi connectivity index (χ3v) is 7.74. The first-order valence-corrected chi connectivity index (χ1v) is 14.7. The molecule has 1 atom stereocenters. The van der Waals surface area contributed by atoms with Crippen LogP contribution in [-0.2, 0) is 26.2 Å². The number of benzene rings is 2. The van der Waals surface area contributed by atoms with Crippen molar-refractivity contribution in [3.63, 3.8) is 0 Å². The Hall–Kier alpha value is -1.71. The van der Waals surface area contributed by atoms with Crippen LogP contribution in [0.2, 0.25) is 20.1 Å². The first-order valence-electron chi connectivity index (χ1n) is 11.3. The van der Waals surface area contributed by atoms with Gasteiger partial charge in [0, 0.05) is 41.1 Å². The number of rotatable bonds is 12. The number of nitrogens with one attached hydrogen (secondary N) is 1. The van der Waals surface area contributed by atoms with Crippen molar-refractivity contribution in [3.05, 3.63) is 62.1 Å². The van der Waals surface area contributed by atoms with Crippen LogP contribution in [0.15, 0.2) is 36.4 Å². The van der Waals surface area contributed by atoms with Gasteiger partial charge in [-0.25, -0.2) is 8.42 Å². The number of carbonyl (C=O) groups excluding carboxylic acids is 2. The van der Waals surface area contributed by atoms with Gasteiger partial charge in [-0.1, -0.05) is 59.4 Å². The molecule has 2 aromatic carbocycles. The van der Waals surface area contributed by atoms with Crippen LogP contribution < -0.4 is 9.62 Å². The van der Waals surface area contributed by atoms with Crippen LogP contribution in [0.1, 0.15) is 38.7 Å². The van der Waals surface area contributed by atoms with Gasteiger partial charge < -0.3 is 10.2 Å². The van der Waals surface area contributed by atoms with E-state index in [1.165, 1.54) is 17.0 Å². The molecule has 7 nitrogen and oxygen atoms in total. The minimum absolute atomic E-state index is 0.00186. The zero-order valence-corrected chi connectivity index (χ0v) is 24.1. The van der Waals surface area contributed by atoms with Gasteiger partial charge in [-0.15, -0.1) is 0 Å². The summed E-state index contributed by atoms with van der Waals surface area (Å²) in [6, 6.07) is 8.76. The summed E-state index contributed by atoms with van der Waals surface area (Å²) in [5.74, 6) is -0.591. The van der Waals surface area contributed by atoms with Crippen LogP contribution in [-0.4, -0.2) is 50.5 Å². The van der Waals surface area contributed by atoms with Crippen LogP contribution >= 0.6 is 46.4 Å². The van der Waals surface area contributed by atoms with E-state index in [2.05, 4.69) is 5.32 Å². The quantitative estimate of drug-likeness (QED) is 0.336. The van der Waals surface area contributed by atoms with Crippen molar-refractivity contribution >= 4 is 73.9 Å². The zero-order valence-electron chi connectivity index (χ0n) is 20.2. The predicted molar refractivity (Wildman–Crippen MR) is 148 cm³/mol. The molecule has 0 heterocycles. The Bertz CT molecular complexity index is 1190. The lowest BCUT2D eigenvalue weighted by Gasteiger charge is -2.31. The molecule has 1 N–H and O–H groups in total. The number of amides is 2. The van der Waals surface area contributed by atoms with Crippen LogP contribution in [0.4, 0.5) is 5.69 Å². The third kappa shape index (κ3) is 8.42. The van der Waals surface area contributed by atoms with E-state index >= 15 is 0 Å². The lowest BCUT2D eigenvalue weighted by atomic mass is 10.1. The maximum absolute atomic E-state index is 13.4. The highest BCUT2D eigenvalue weighted by Crippen LogP contribution is 2.31. The van der Waals surface area contributed by atoms with Crippen molar-refractivity contribution in [2.45, 2.75) is 45.7 Å². The summed E-state index contributed by atoms with van der Waals surface area (Å²) in [5.41, 5.74) is 0.873. The van der Waals surface area contributed by atoms with E-state index in [1.807, 2.05) is 6.92 Å². The molecule has 0 saturated carbocycles. The number of halogens is 4. The molecule has 0 radical (unpaired) electrons. The maximum Gasteiger partial charge on any atom is 0.242 e. The summed E-state index contributed by atoms with van der Waals surface area (Å²) in [7, 11) is -3.70. The highest BCUT2D eigenvalue weighted by Gasteiger charge is 2.29. The molecule has 0 bridgehead atoms. The van der Waals surface area contributed by atoms with Gasteiger partial charge in [0.05, 0.1) is 17.0 Å². The summed E-state index contributed by atoms with van der Waals surface area (Å²) in [5, 5.41) is 4.15. The minimum atomic E-state index is -3.70. The summed E-state index contributed by atoms with van der Waals surface area (Å²) < 4.78 is 26.1. The highest BCUT2D eigenvalue weighted by molar-refractivity contribution is 7.92. The summed E-state index contributed by atoms with van der Waals surface area (Å²) in [4.78, 5) is 27.6. The number of sulfonamides is 1. The fourth-order valence-electron chi connectivity index (χ4n) is 3.70. The smallest absolute Gasteiger partial charge is 0.242 e. The Morgan fingerprint density at radius 3 is 2.19 bits per heavy atom. The van der Waals surface area contributed by atoms with Crippen LogP contribution in [0.25, 0.3) is 0 Å². The number of carbonyl (C=O) groups is 2. The van der Waals surface area contributed by atoms with E-state index in [0.29, 0.717) is 33.6 Å². The largest absolute Gasteiger partial charge is 0.355 e. The van der Waals surface area contributed by atoms with E-state index in [0.717, 1.165) is 10.6 Å². The Kier molecular flexibility index (Phi) is 11.6. The van der Waals surface area contributed by atoms with E-state index in [9.17, 15) is 18.0 Å². The molecule has 0 aromatic heterocycles. The van der Waals surface area contributed by atoms with E-state index in [4.69, 9.17) is 46.4 Å². The molecule has 2 rings (SSSR count). The van der Waals surface area contributed by atoms with Crippen LogP contribution in [0.3, 0.4) is 0 Å². The zero-order chi connectivity index (χ0) is 27.0. The summed E-state index contributed by atoms with van der Waals surface area (Å²) >= 11 is 24.6. The van der Waals surface area contributed by atoms with Gasteiger partial charge in [0.2, 0.25) is 21.8 Å². The molecule has 0 aliphatic carbocycles. The van der Waals surface area contributed by atoms with Gasteiger partial charge in [-0.3, -0.25) is 13.9 Å². The lowest BCUT2D eigenvalue weighted by Crippen LogP contribution is -2.49. The van der Waals surface area contributed by atoms with Crippen molar-refractivity contribution in [2.75, 3.05) is 23.7 Å². The average molecular weight is 597 g/mol. The van der Waals surface area contributed by atoms with Crippen molar-refractivity contribution < 1.29 is 18.0 Å². The molecule has 0 aliphatic heterocycles. The van der Waals surface area contributed by atoms with Gasteiger partial charge >= 0.3 is 0 Å². The topological polar surface area (TPSA) is 86.8 Å². The SMILES string of the molecule is CCNC(=O)[C@@H](CC)N(Cc1ccc(Cl)cc1Cl)C(=O)CCCN(c1cc(Cl)ccc1Cl)S(C)(=O)=O. The monoisotopic (exact) mass is 595 g/mol. The Morgan fingerprint density at radius 1 is 0.972 bits per heavy atom. The van der Waals surface area contributed by atoms with Crippen molar-refractivity contribution in [3.8, 4) is 0 Å². The second-order valence-corrected chi connectivity index (χ2v) is 11.7. The predicted octanol–water partition coefficient (Wildman–Crippen LogP) is 5.79. The Balaban J connectivity index is 2.27. The molecule has 0 aliphatic rings. The molecular formula is C24H29Cl4N3O4S. The fourth-order valence-corrected chi connectivity index (χ4v) is 5.58. The molecule has 0 saturated heterocycles. The van der Waals surface area contributed by atoms with Gasteiger partial charge in [-0.2, -0.15) is 0 Å². The second kappa shape index (κ2) is 13.7. The van der Waals surface area contributed by atoms with Gasteiger partial charge in [0.25, 0.3) is 0 Å². The Morgan fingerprint density at radius 2 is 1.61 bits per heavy atom. The van der Waals surface area contributed by atoms with Gasteiger partial charge in [-0.05, 0) is 55.7 Å². The molecule has 0 spiro atoms. The molecule has 36 heavy (non-hydrogen) atoms.